The molecule has 2 aromatic rings. The molecule has 31 heavy (non-hydrogen) atoms. The predicted octanol–water partition coefficient (Wildman–Crippen LogP) is 4.75. The quantitative estimate of drug-likeness (QED) is 0.530. The molecule has 0 aliphatic carbocycles. The van der Waals surface area contributed by atoms with Gasteiger partial charge in [0.15, 0.2) is 0 Å². The summed E-state index contributed by atoms with van der Waals surface area (Å²) in [4.78, 5) is 12.9. The monoisotopic (exact) mass is 500 g/mol. The summed E-state index contributed by atoms with van der Waals surface area (Å²) in [6.07, 6.45) is 1.36. The summed E-state index contributed by atoms with van der Waals surface area (Å²) in [7, 11) is -3.59. The third-order valence-corrected chi connectivity index (χ3v) is 8.84. The molecule has 5 nitrogen and oxygen atoms in total. The molecule has 1 amide bonds. The van der Waals surface area contributed by atoms with Crippen LogP contribution in [0.1, 0.15) is 24.0 Å². The maximum atomic E-state index is 12.9. The van der Waals surface area contributed by atoms with Crippen LogP contribution in [0.3, 0.4) is 0 Å². The van der Waals surface area contributed by atoms with Gasteiger partial charge in [0, 0.05) is 41.2 Å². The number of nitrogens with one attached hydrogen (secondary N) is 1. The fourth-order valence-electron chi connectivity index (χ4n) is 3.47. The first-order valence-corrected chi connectivity index (χ1v) is 13.5. The van der Waals surface area contributed by atoms with Crippen LogP contribution in [0.4, 0.5) is 0 Å². The first-order chi connectivity index (χ1) is 14.8. The van der Waals surface area contributed by atoms with Crippen LogP contribution < -0.4 is 5.32 Å². The number of thioether (sulfide) groups is 1. The fourth-order valence-corrected chi connectivity index (χ4v) is 6.59. The number of aryl methyl sites for hydroxylation is 1. The van der Waals surface area contributed by atoms with Crippen LogP contribution in [0.2, 0.25) is 10.0 Å². The number of hydrogen-bond acceptors (Lipinski definition) is 4. The average molecular weight is 502 g/mol. The van der Waals surface area contributed by atoms with Crippen molar-refractivity contribution in [2.24, 2.45) is 5.92 Å². The standard InChI is InChI=1S/C22H26Cl2N2O3S2/c1-16-7-9-18(10-8-16)31(28,29)26-12-3-4-17(14-26)22(27)25-11-13-30-15-19-20(23)5-2-6-21(19)24/h2,5-10,17H,3-4,11-15H2,1H3,(H,25,27). The molecule has 1 unspecified atom stereocenters. The highest BCUT2D eigenvalue weighted by Gasteiger charge is 2.33. The molecule has 0 radical (unpaired) electrons. The third kappa shape index (κ3) is 6.39. The maximum Gasteiger partial charge on any atom is 0.243 e. The lowest BCUT2D eigenvalue weighted by Gasteiger charge is -2.31. The summed E-state index contributed by atoms with van der Waals surface area (Å²) >= 11 is 14.0. The first-order valence-electron chi connectivity index (χ1n) is 10.1. The molecular formula is C22H26Cl2N2O3S2. The average Bonchev–Trinajstić information content (AvgIpc) is 2.75. The minimum atomic E-state index is -3.59. The number of rotatable bonds is 8. The smallest absolute Gasteiger partial charge is 0.243 e. The van der Waals surface area contributed by atoms with Gasteiger partial charge in [-0.25, -0.2) is 8.42 Å². The van der Waals surface area contributed by atoms with Crippen LogP contribution in [-0.4, -0.2) is 44.0 Å². The zero-order chi connectivity index (χ0) is 22.4. The third-order valence-electron chi connectivity index (χ3n) is 5.27. The Morgan fingerprint density at radius 3 is 2.52 bits per heavy atom. The SMILES string of the molecule is Cc1ccc(S(=O)(=O)N2CCCC(C(=O)NCCSCc3c(Cl)cccc3Cl)C2)cc1. The highest BCUT2D eigenvalue weighted by Crippen LogP contribution is 2.28. The molecular weight excluding hydrogens is 475 g/mol. The number of piperidine rings is 1. The largest absolute Gasteiger partial charge is 0.355 e. The van der Waals surface area contributed by atoms with E-state index in [2.05, 4.69) is 5.32 Å². The Balaban J connectivity index is 1.48. The molecule has 1 heterocycles. The Morgan fingerprint density at radius 1 is 1.16 bits per heavy atom. The van der Waals surface area contributed by atoms with Crippen molar-refractivity contribution in [3.05, 3.63) is 63.6 Å². The van der Waals surface area contributed by atoms with Crippen LogP contribution >= 0.6 is 35.0 Å². The number of sulfonamides is 1. The molecule has 0 aromatic heterocycles. The van der Waals surface area contributed by atoms with Crippen molar-refractivity contribution in [2.75, 3.05) is 25.4 Å². The van der Waals surface area contributed by atoms with Gasteiger partial charge in [0.1, 0.15) is 0 Å². The van der Waals surface area contributed by atoms with Gasteiger partial charge in [-0.2, -0.15) is 16.1 Å². The van der Waals surface area contributed by atoms with Gasteiger partial charge >= 0.3 is 0 Å². The van der Waals surface area contributed by atoms with Crippen LogP contribution in [-0.2, 0) is 20.6 Å². The highest BCUT2D eigenvalue weighted by molar-refractivity contribution is 7.98. The van der Waals surface area contributed by atoms with Crippen molar-refractivity contribution in [3.8, 4) is 0 Å². The molecule has 1 aliphatic rings. The zero-order valence-electron chi connectivity index (χ0n) is 17.3. The summed E-state index contributed by atoms with van der Waals surface area (Å²) in [5.41, 5.74) is 1.90. The second-order valence-electron chi connectivity index (χ2n) is 7.56. The summed E-state index contributed by atoms with van der Waals surface area (Å²) in [6.45, 7) is 3.07. The van der Waals surface area contributed by atoms with Crippen molar-refractivity contribution in [1.29, 1.82) is 0 Å². The van der Waals surface area contributed by atoms with Crippen LogP contribution in [0, 0.1) is 12.8 Å². The number of nitrogens with zero attached hydrogens (tertiary/aromatic N) is 1. The molecule has 2 aromatic carbocycles. The van der Waals surface area contributed by atoms with Gasteiger partial charge in [-0.15, -0.1) is 0 Å². The molecule has 0 bridgehead atoms. The van der Waals surface area contributed by atoms with Gasteiger partial charge < -0.3 is 5.32 Å². The van der Waals surface area contributed by atoms with Gasteiger partial charge in [0.25, 0.3) is 0 Å². The Labute approximate surface area is 198 Å². The molecule has 1 saturated heterocycles. The first kappa shape index (κ1) is 24.4. The van der Waals surface area contributed by atoms with E-state index in [9.17, 15) is 13.2 Å². The second kappa shape index (κ2) is 11.1. The van der Waals surface area contributed by atoms with Crippen molar-refractivity contribution in [3.63, 3.8) is 0 Å². The van der Waals surface area contributed by atoms with Crippen molar-refractivity contribution < 1.29 is 13.2 Å². The summed E-state index contributed by atoms with van der Waals surface area (Å²) in [6, 6.07) is 12.2. The summed E-state index contributed by atoms with van der Waals surface area (Å²) in [5.74, 6) is 0.948. The van der Waals surface area contributed by atoms with Gasteiger partial charge in [-0.3, -0.25) is 4.79 Å². The van der Waals surface area contributed by atoms with Gasteiger partial charge in [-0.1, -0.05) is 47.0 Å². The van der Waals surface area contributed by atoms with E-state index in [1.165, 1.54) is 4.31 Å². The van der Waals surface area contributed by atoms with Crippen molar-refractivity contribution in [2.45, 2.75) is 30.4 Å². The zero-order valence-corrected chi connectivity index (χ0v) is 20.5. The molecule has 0 spiro atoms. The summed E-state index contributed by atoms with van der Waals surface area (Å²) in [5, 5.41) is 4.22. The lowest BCUT2D eigenvalue weighted by molar-refractivity contribution is -0.125. The van der Waals surface area contributed by atoms with Gasteiger partial charge in [0.05, 0.1) is 10.8 Å². The molecule has 1 aliphatic heterocycles. The molecule has 168 valence electrons. The number of carbonyl (C=O) groups excluding carboxylic acids is 1. The topological polar surface area (TPSA) is 66.5 Å². The minimum absolute atomic E-state index is 0.0971. The number of halogens is 2. The van der Waals surface area contributed by atoms with E-state index in [1.807, 2.05) is 25.1 Å². The molecule has 1 N–H and O–H groups in total. The Bertz CT molecular complexity index is 994. The predicted molar refractivity (Wildman–Crippen MR) is 128 cm³/mol. The Morgan fingerprint density at radius 2 is 1.84 bits per heavy atom. The normalized spacial score (nSPS) is 17.5. The molecule has 3 rings (SSSR count). The van der Waals surface area contributed by atoms with Crippen LogP contribution in [0.15, 0.2) is 47.4 Å². The van der Waals surface area contributed by atoms with E-state index < -0.39 is 10.0 Å². The second-order valence-corrected chi connectivity index (χ2v) is 11.4. The fraction of sp³-hybridized carbons (Fsp3) is 0.409. The molecule has 9 heteroatoms. The van der Waals surface area contributed by atoms with Crippen LogP contribution in [0.25, 0.3) is 0 Å². The summed E-state index contributed by atoms with van der Waals surface area (Å²) < 4.78 is 27.3. The number of amides is 1. The van der Waals surface area contributed by atoms with E-state index in [1.54, 1.807) is 36.0 Å². The number of benzene rings is 2. The van der Waals surface area contributed by atoms with Crippen molar-refractivity contribution in [1.82, 2.24) is 9.62 Å². The van der Waals surface area contributed by atoms with E-state index in [0.717, 1.165) is 11.1 Å². The minimum Gasteiger partial charge on any atom is -0.355 e. The van der Waals surface area contributed by atoms with E-state index >= 15 is 0 Å². The highest BCUT2D eigenvalue weighted by atomic mass is 35.5. The van der Waals surface area contributed by atoms with E-state index in [0.29, 0.717) is 47.5 Å². The number of carbonyl (C=O) groups is 1. The van der Waals surface area contributed by atoms with Gasteiger partial charge in [-0.05, 0) is 49.6 Å². The number of hydrogen-bond donors (Lipinski definition) is 1. The van der Waals surface area contributed by atoms with E-state index in [-0.39, 0.29) is 23.3 Å². The van der Waals surface area contributed by atoms with E-state index in [4.69, 9.17) is 23.2 Å². The molecule has 1 fully saturated rings. The molecule has 0 saturated carbocycles. The van der Waals surface area contributed by atoms with Gasteiger partial charge in [0.2, 0.25) is 15.9 Å². The van der Waals surface area contributed by atoms with Crippen LogP contribution in [0.5, 0.6) is 0 Å². The lowest BCUT2D eigenvalue weighted by Crippen LogP contribution is -2.45. The van der Waals surface area contributed by atoms with Crippen molar-refractivity contribution >= 4 is 50.9 Å². The maximum absolute atomic E-state index is 12.9. The molecule has 1 atom stereocenters. The Kier molecular flexibility index (Phi) is 8.70. The Hall–Kier alpha value is -1.25. The lowest BCUT2D eigenvalue weighted by atomic mass is 9.99.